The van der Waals surface area contributed by atoms with E-state index in [1.165, 1.54) is 18.6 Å². The van der Waals surface area contributed by atoms with Crippen LogP contribution in [-0.2, 0) is 6.18 Å². The zero-order valence-corrected chi connectivity index (χ0v) is 13.7. The van der Waals surface area contributed by atoms with E-state index in [9.17, 15) is 13.2 Å². The van der Waals surface area contributed by atoms with Gasteiger partial charge in [0.2, 0.25) is 0 Å². The maximum absolute atomic E-state index is 12.9. The molecule has 5 heteroatoms. The molecule has 1 aromatic rings. The molecule has 0 aromatic heterocycles. The van der Waals surface area contributed by atoms with Gasteiger partial charge in [0.25, 0.3) is 0 Å². The number of benzene rings is 1. The molecular formula is C16H21BrF3N. The minimum absolute atomic E-state index is 0.267. The fraction of sp³-hybridized carbons (Fsp3) is 0.625. The summed E-state index contributed by atoms with van der Waals surface area (Å²) in [6, 6.07) is 3.42. The van der Waals surface area contributed by atoms with Crippen LogP contribution in [0, 0.1) is 11.8 Å². The summed E-state index contributed by atoms with van der Waals surface area (Å²) in [5.41, 5.74) is 6.31. The number of rotatable bonds is 3. The average Bonchev–Trinajstić information content (AvgIpc) is 2.45. The van der Waals surface area contributed by atoms with Crippen molar-refractivity contribution in [2.75, 3.05) is 0 Å². The second-order valence-corrected chi connectivity index (χ2v) is 6.73. The summed E-state index contributed by atoms with van der Waals surface area (Å²) < 4.78 is 39.3. The highest BCUT2D eigenvalue weighted by Gasteiger charge is 2.34. The molecule has 21 heavy (non-hydrogen) atoms. The first-order valence-electron chi connectivity index (χ1n) is 7.46. The van der Waals surface area contributed by atoms with Gasteiger partial charge in [0.1, 0.15) is 0 Å². The van der Waals surface area contributed by atoms with Crippen molar-refractivity contribution in [2.45, 2.75) is 51.2 Å². The predicted molar refractivity (Wildman–Crippen MR) is 81.8 cm³/mol. The fourth-order valence-corrected chi connectivity index (χ4v) is 3.93. The van der Waals surface area contributed by atoms with E-state index >= 15 is 0 Å². The van der Waals surface area contributed by atoms with Crippen LogP contribution in [0.3, 0.4) is 0 Å². The Kier molecular flexibility index (Phi) is 5.36. The Morgan fingerprint density at radius 1 is 1.29 bits per heavy atom. The van der Waals surface area contributed by atoms with Gasteiger partial charge in [-0.15, -0.1) is 0 Å². The molecule has 1 aromatic carbocycles. The van der Waals surface area contributed by atoms with Crippen molar-refractivity contribution in [3.05, 3.63) is 33.8 Å². The SMILES string of the molecule is CCC1CCCCC1C(N)c1cc(C(F)(F)F)ccc1Br. The van der Waals surface area contributed by atoms with Gasteiger partial charge in [0, 0.05) is 10.5 Å². The monoisotopic (exact) mass is 363 g/mol. The van der Waals surface area contributed by atoms with Crippen LogP contribution in [0.2, 0.25) is 0 Å². The van der Waals surface area contributed by atoms with Crippen LogP contribution in [-0.4, -0.2) is 0 Å². The molecule has 118 valence electrons. The highest BCUT2D eigenvalue weighted by Crippen LogP contribution is 2.42. The molecule has 2 N–H and O–H groups in total. The fourth-order valence-electron chi connectivity index (χ4n) is 3.42. The standard InChI is InChI=1S/C16H21BrF3N/c1-2-10-5-3-4-6-12(10)15(21)13-9-11(16(18,19)20)7-8-14(13)17/h7-10,12,15H,2-6,21H2,1H3. The molecule has 0 radical (unpaired) electrons. The van der Waals surface area contributed by atoms with Gasteiger partial charge in [0.05, 0.1) is 5.56 Å². The smallest absolute Gasteiger partial charge is 0.324 e. The maximum atomic E-state index is 12.9. The average molecular weight is 364 g/mol. The van der Waals surface area contributed by atoms with E-state index in [-0.39, 0.29) is 12.0 Å². The van der Waals surface area contributed by atoms with Gasteiger partial charge in [-0.2, -0.15) is 13.2 Å². The summed E-state index contributed by atoms with van der Waals surface area (Å²) in [4.78, 5) is 0. The molecule has 1 aliphatic carbocycles. The molecule has 0 amide bonds. The zero-order valence-electron chi connectivity index (χ0n) is 12.1. The summed E-state index contributed by atoms with van der Waals surface area (Å²) in [7, 11) is 0. The predicted octanol–water partition coefficient (Wildman–Crippen LogP) is 5.68. The van der Waals surface area contributed by atoms with Crippen LogP contribution >= 0.6 is 15.9 Å². The Bertz CT molecular complexity index is 487. The minimum atomic E-state index is -4.33. The number of hydrogen-bond acceptors (Lipinski definition) is 1. The number of hydrogen-bond donors (Lipinski definition) is 1. The molecule has 2 rings (SSSR count). The van der Waals surface area contributed by atoms with Gasteiger partial charge >= 0.3 is 6.18 Å². The molecule has 1 fully saturated rings. The van der Waals surface area contributed by atoms with Crippen LogP contribution in [0.5, 0.6) is 0 Å². The molecule has 3 unspecified atom stereocenters. The lowest BCUT2D eigenvalue weighted by atomic mass is 9.72. The molecule has 0 heterocycles. The molecule has 0 bridgehead atoms. The second kappa shape index (κ2) is 6.69. The number of halogens is 4. The van der Waals surface area contributed by atoms with Crippen molar-refractivity contribution in [3.63, 3.8) is 0 Å². The second-order valence-electron chi connectivity index (χ2n) is 5.88. The third kappa shape index (κ3) is 3.81. The zero-order chi connectivity index (χ0) is 15.6. The number of alkyl halides is 3. The van der Waals surface area contributed by atoms with Crippen molar-refractivity contribution in [3.8, 4) is 0 Å². The van der Waals surface area contributed by atoms with Crippen LogP contribution in [0.4, 0.5) is 13.2 Å². The summed E-state index contributed by atoms with van der Waals surface area (Å²) >= 11 is 3.36. The third-order valence-corrected chi connectivity index (χ3v) is 5.36. The van der Waals surface area contributed by atoms with Crippen molar-refractivity contribution in [1.29, 1.82) is 0 Å². The summed E-state index contributed by atoms with van der Waals surface area (Å²) in [5.74, 6) is 0.777. The lowest BCUT2D eigenvalue weighted by Crippen LogP contribution is -2.30. The first-order chi connectivity index (χ1) is 9.84. The highest BCUT2D eigenvalue weighted by atomic mass is 79.9. The Hall–Kier alpha value is -0.550. The lowest BCUT2D eigenvalue weighted by molar-refractivity contribution is -0.137. The van der Waals surface area contributed by atoms with Gasteiger partial charge in [-0.25, -0.2) is 0 Å². The van der Waals surface area contributed by atoms with Crippen LogP contribution in [0.25, 0.3) is 0 Å². The molecule has 1 saturated carbocycles. The largest absolute Gasteiger partial charge is 0.416 e. The maximum Gasteiger partial charge on any atom is 0.416 e. The highest BCUT2D eigenvalue weighted by molar-refractivity contribution is 9.10. The molecule has 0 aliphatic heterocycles. The molecule has 0 spiro atoms. The van der Waals surface area contributed by atoms with Crippen molar-refractivity contribution in [1.82, 2.24) is 0 Å². The quantitative estimate of drug-likeness (QED) is 0.733. The molecule has 1 aliphatic rings. The van der Waals surface area contributed by atoms with E-state index < -0.39 is 11.7 Å². The summed E-state index contributed by atoms with van der Waals surface area (Å²) in [6.45, 7) is 2.14. The van der Waals surface area contributed by atoms with E-state index in [0.717, 1.165) is 31.7 Å². The topological polar surface area (TPSA) is 26.0 Å². The Balaban J connectivity index is 2.31. The van der Waals surface area contributed by atoms with Crippen molar-refractivity contribution >= 4 is 15.9 Å². The Morgan fingerprint density at radius 2 is 1.95 bits per heavy atom. The van der Waals surface area contributed by atoms with Gasteiger partial charge in [0.15, 0.2) is 0 Å². The van der Waals surface area contributed by atoms with Crippen LogP contribution < -0.4 is 5.73 Å². The summed E-state index contributed by atoms with van der Waals surface area (Å²) in [6.07, 6.45) is 1.16. The summed E-state index contributed by atoms with van der Waals surface area (Å²) in [5, 5.41) is 0. The Morgan fingerprint density at radius 3 is 2.57 bits per heavy atom. The first-order valence-corrected chi connectivity index (χ1v) is 8.26. The van der Waals surface area contributed by atoms with E-state index in [4.69, 9.17) is 5.73 Å². The van der Waals surface area contributed by atoms with E-state index in [2.05, 4.69) is 22.9 Å². The van der Waals surface area contributed by atoms with Gasteiger partial charge in [-0.1, -0.05) is 48.5 Å². The number of nitrogens with two attached hydrogens (primary N) is 1. The van der Waals surface area contributed by atoms with Crippen LogP contribution in [0.1, 0.15) is 56.2 Å². The van der Waals surface area contributed by atoms with Crippen molar-refractivity contribution in [2.24, 2.45) is 17.6 Å². The van der Waals surface area contributed by atoms with E-state index in [1.807, 2.05) is 0 Å². The van der Waals surface area contributed by atoms with Crippen molar-refractivity contribution < 1.29 is 13.2 Å². The molecule has 0 saturated heterocycles. The van der Waals surface area contributed by atoms with Gasteiger partial charge in [-0.05, 0) is 42.0 Å². The minimum Gasteiger partial charge on any atom is -0.324 e. The molecular weight excluding hydrogens is 343 g/mol. The van der Waals surface area contributed by atoms with Gasteiger partial charge < -0.3 is 5.73 Å². The molecule has 1 nitrogen and oxygen atoms in total. The van der Waals surface area contributed by atoms with Gasteiger partial charge in [-0.3, -0.25) is 0 Å². The normalized spacial score (nSPS) is 24.9. The molecule has 3 atom stereocenters. The lowest BCUT2D eigenvalue weighted by Gasteiger charge is -2.35. The third-order valence-electron chi connectivity index (χ3n) is 4.64. The Labute approximate surface area is 132 Å². The van der Waals surface area contributed by atoms with E-state index in [1.54, 1.807) is 0 Å². The van der Waals surface area contributed by atoms with E-state index in [0.29, 0.717) is 16.0 Å². The van der Waals surface area contributed by atoms with Crippen LogP contribution in [0.15, 0.2) is 22.7 Å². The first kappa shape index (κ1) is 16.8.